The fourth-order valence-electron chi connectivity index (χ4n) is 2.14. The number of sulfonamides is 1. The third kappa shape index (κ3) is 3.89. The molecule has 3 rings (SSSR count). The summed E-state index contributed by atoms with van der Waals surface area (Å²) in [6.07, 6.45) is 1.60. The molecule has 122 valence electrons. The van der Waals surface area contributed by atoms with Gasteiger partial charge in [0.15, 0.2) is 0 Å². The zero-order valence-corrected chi connectivity index (χ0v) is 14.0. The molecule has 2 heterocycles. The topological polar surface area (TPSA) is 106 Å². The van der Waals surface area contributed by atoms with Crippen LogP contribution in [0.2, 0.25) is 0 Å². The van der Waals surface area contributed by atoms with E-state index in [0.29, 0.717) is 22.2 Å². The van der Waals surface area contributed by atoms with Crippen molar-refractivity contribution in [3.8, 4) is 11.1 Å². The van der Waals surface area contributed by atoms with Crippen LogP contribution >= 0.6 is 24.8 Å². The van der Waals surface area contributed by atoms with E-state index in [1.165, 1.54) is 18.2 Å². The van der Waals surface area contributed by atoms with Gasteiger partial charge in [0, 0.05) is 17.8 Å². The number of rotatable bonds is 2. The standard InChI is InChI=1S/C14H11N3O3S.2ClH/c15-21(19,20)10-3-1-2-9(8-10)11-6-7-16-12-4-5-13(18)17-14(11)12;;/h1-8H,(H,17,18)(H2,15,19,20);2*1H. The molecule has 0 aliphatic rings. The van der Waals surface area contributed by atoms with E-state index in [9.17, 15) is 13.2 Å². The van der Waals surface area contributed by atoms with Crippen LogP contribution in [0, 0.1) is 0 Å². The number of H-pyrrole nitrogens is 1. The first kappa shape index (κ1) is 19.1. The Morgan fingerprint density at radius 3 is 2.48 bits per heavy atom. The second-order valence-electron chi connectivity index (χ2n) is 4.51. The number of halogens is 2. The van der Waals surface area contributed by atoms with Gasteiger partial charge in [0.05, 0.1) is 15.9 Å². The molecule has 3 aromatic rings. The lowest BCUT2D eigenvalue weighted by Gasteiger charge is -2.07. The van der Waals surface area contributed by atoms with Crippen LogP contribution in [-0.4, -0.2) is 18.4 Å². The molecule has 9 heteroatoms. The van der Waals surface area contributed by atoms with Crippen LogP contribution in [0.15, 0.2) is 58.4 Å². The van der Waals surface area contributed by atoms with E-state index in [2.05, 4.69) is 9.97 Å². The van der Waals surface area contributed by atoms with Gasteiger partial charge >= 0.3 is 0 Å². The van der Waals surface area contributed by atoms with Crippen molar-refractivity contribution in [1.29, 1.82) is 0 Å². The van der Waals surface area contributed by atoms with E-state index < -0.39 is 10.0 Å². The molecular formula is C14H13Cl2N3O3S. The molecule has 6 nitrogen and oxygen atoms in total. The van der Waals surface area contributed by atoms with E-state index in [-0.39, 0.29) is 35.3 Å². The third-order valence-corrected chi connectivity index (χ3v) is 4.01. The van der Waals surface area contributed by atoms with Crippen molar-refractivity contribution >= 4 is 45.9 Å². The fraction of sp³-hybridized carbons (Fsp3) is 0. The van der Waals surface area contributed by atoms with E-state index in [4.69, 9.17) is 5.14 Å². The number of fused-ring (bicyclic) bond motifs is 1. The highest BCUT2D eigenvalue weighted by atomic mass is 35.5. The largest absolute Gasteiger partial charge is 0.320 e. The van der Waals surface area contributed by atoms with Crippen LogP contribution in [0.5, 0.6) is 0 Å². The summed E-state index contributed by atoms with van der Waals surface area (Å²) in [4.78, 5) is 18.4. The highest BCUT2D eigenvalue weighted by Crippen LogP contribution is 2.26. The summed E-state index contributed by atoms with van der Waals surface area (Å²) in [5.74, 6) is 0. The van der Waals surface area contributed by atoms with Crippen LogP contribution in [0.3, 0.4) is 0 Å². The van der Waals surface area contributed by atoms with Crippen molar-refractivity contribution in [2.75, 3.05) is 0 Å². The summed E-state index contributed by atoms with van der Waals surface area (Å²) >= 11 is 0. The number of aromatic nitrogens is 2. The molecule has 2 aromatic heterocycles. The zero-order valence-electron chi connectivity index (χ0n) is 11.6. The Balaban J connectivity index is 0.00000132. The molecule has 0 radical (unpaired) electrons. The molecule has 1 aromatic carbocycles. The molecule has 23 heavy (non-hydrogen) atoms. The number of hydrogen-bond donors (Lipinski definition) is 2. The molecule has 3 N–H and O–H groups in total. The van der Waals surface area contributed by atoms with Crippen LogP contribution in [0.4, 0.5) is 0 Å². The predicted molar refractivity (Wildman–Crippen MR) is 93.7 cm³/mol. The predicted octanol–water partition coefficient (Wildman–Crippen LogP) is 2.08. The SMILES string of the molecule is Cl.Cl.NS(=O)(=O)c1cccc(-c2ccnc3ccc(=O)[nH]c23)c1. The number of primary sulfonamides is 1. The number of nitrogens with zero attached hydrogens (tertiary/aromatic N) is 1. The van der Waals surface area contributed by atoms with Gasteiger partial charge in [0.1, 0.15) is 0 Å². The summed E-state index contributed by atoms with van der Waals surface area (Å²) < 4.78 is 22.9. The summed E-state index contributed by atoms with van der Waals surface area (Å²) in [6.45, 7) is 0. The van der Waals surface area contributed by atoms with Gasteiger partial charge in [0.2, 0.25) is 15.6 Å². The first-order valence-corrected chi connectivity index (χ1v) is 7.61. The Hall–Kier alpha value is -1.93. The van der Waals surface area contributed by atoms with Gasteiger partial charge in [-0.25, -0.2) is 13.6 Å². The average molecular weight is 374 g/mol. The van der Waals surface area contributed by atoms with Crippen molar-refractivity contribution in [2.24, 2.45) is 5.14 Å². The van der Waals surface area contributed by atoms with Crippen LogP contribution in [0.1, 0.15) is 0 Å². The molecule has 0 saturated carbocycles. The zero-order chi connectivity index (χ0) is 15.0. The van der Waals surface area contributed by atoms with Gasteiger partial charge in [0.25, 0.3) is 0 Å². The van der Waals surface area contributed by atoms with E-state index in [1.807, 2.05) is 0 Å². The lowest BCUT2D eigenvalue weighted by atomic mass is 10.1. The molecule has 0 bridgehead atoms. The van der Waals surface area contributed by atoms with E-state index >= 15 is 0 Å². The maximum absolute atomic E-state index is 11.5. The summed E-state index contributed by atoms with van der Waals surface area (Å²) in [5.41, 5.74) is 2.24. The molecule has 0 aliphatic heterocycles. The number of nitrogens with one attached hydrogen (secondary N) is 1. The fourth-order valence-corrected chi connectivity index (χ4v) is 2.70. The number of hydrogen-bond acceptors (Lipinski definition) is 4. The minimum absolute atomic E-state index is 0. The second kappa shape index (κ2) is 7.10. The molecule has 0 atom stereocenters. The lowest BCUT2D eigenvalue weighted by Crippen LogP contribution is -2.12. The molecule has 0 aliphatic carbocycles. The third-order valence-electron chi connectivity index (χ3n) is 3.09. The van der Waals surface area contributed by atoms with Crippen molar-refractivity contribution in [1.82, 2.24) is 9.97 Å². The Morgan fingerprint density at radius 2 is 1.78 bits per heavy atom. The number of aromatic amines is 1. The monoisotopic (exact) mass is 373 g/mol. The Morgan fingerprint density at radius 1 is 1.04 bits per heavy atom. The summed E-state index contributed by atoms with van der Waals surface area (Å²) in [7, 11) is -3.78. The first-order chi connectivity index (χ1) is 9.95. The smallest absolute Gasteiger partial charge is 0.248 e. The number of nitrogens with two attached hydrogens (primary N) is 1. The van der Waals surface area contributed by atoms with Gasteiger partial charge in [-0.2, -0.15) is 0 Å². The average Bonchev–Trinajstić information content (AvgIpc) is 2.46. The van der Waals surface area contributed by atoms with Crippen LogP contribution in [0.25, 0.3) is 22.2 Å². The molecule has 0 fully saturated rings. The van der Waals surface area contributed by atoms with Gasteiger partial charge in [-0.05, 0) is 29.8 Å². The summed E-state index contributed by atoms with van der Waals surface area (Å²) in [5, 5.41) is 5.14. The van der Waals surface area contributed by atoms with E-state index in [1.54, 1.807) is 30.5 Å². The Kier molecular flexibility index (Phi) is 5.90. The highest BCUT2D eigenvalue weighted by molar-refractivity contribution is 7.89. The first-order valence-electron chi connectivity index (χ1n) is 6.06. The second-order valence-corrected chi connectivity index (χ2v) is 6.08. The highest BCUT2D eigenvalue weighted by Gasteiger charge is 2.11. The minimum atomic E-state index is -3.78. The van der Waals surface area contributed by atoms with Gasteiger partial charge in [-0.1, -0.05) is 12.1 Å². The lowest BCUT2D eigenvalue weighted by molar-refractivity contribution is 0.598. The van der Waals surface area contributed by atoms with Gasteiger partial charge < -0.3 is 4.98 Å². The molecule has 0 unspecified atom stereocenters. The quantitative estimate of drug-likeness (QED) is 0.716. The van der Waals surface area contributed by atoms with Gasteiger partial charge in [-0.15, -0.1) is 24.8 Å². The number of pyridine rings is 2. The Bertz CT molecular complexity index is 1000. The number of benzene rings is 1. The maximum Gasteiger partial charge on any atom is 0.248 e. The molecule has 0 amide bonds. The minimum Gasteiger partial charge on any atom is -0.320 e. The molecular weight excluding hydrogens is 361 g/mol. The van der Waals surface area contributed by atoms with Crippen molar-refractivity contribution in [3.63, 3.8) is 0 Å². The molecule has 0 spiro atoms. The van der Waals surface area contributed by atoms with Crippen molar-refractivity contribution < 1.29 is 8.42 Å². The van der Waals surface area contributed by atoms with Crippen molar-refractivity contribution in [2.45, 2.75) is 4.90 Å². The van der Waals surface area contributed by atoms with Gasteiger partial charge in [-0.3, -0.25) is 9.78 Å². The van der Waals surface area contributed by atoms with Crippen LogP contribution < -0.4 is 10.7 Å². The van der Waals surface area contributed by atoms with Crippen molar-refractivity contribution in [3.05, 3.63) is 59.0 Å². The normalized spacial score (nSPS) is 10.7. The summed E-state index contributed by atoms with van der Waals surface area (Å²) in [6, 6.07) is 10.9. The Labute approximate surface area is 144 Å². The van der Waals surface area contributed by atoms with E-state index in [0.717, 1.165) is 0 Å². The van der Waals surface area contributed by atoms with Crippen LogP contribution in [-0.2, 0) is 10.0 Å². The maximum atomic E-state index is 11.5. The molecule has 0 saturated heterocycles.